The van der Waals surface area contributed by atoms with Crippen molar-refractivity contribution in [1.29, 1.82) is 0 Å². The van der Waals surface area contributed by atoms with Gasteiger partial charge in [0.05, 0.1) is 10.6 Å². The van der Waals surface area contributed by atoms with Gasteiger partial charge in [-0.1, -0.05) is 84.4 Å². The van der Waals surface area contributed by atoms with Crippen molar-refractivity contribution in [3.8, 4) is 11.5 Å². The fourth-order valence-electron chi connectivity index (χ4n) is 5.49. The molecule has 0 aliphatic rings. The van der Waals surface area contributed by atoms with Crippen LogP contribution < -0.4 is 14.4 Å². The number of rotatable bonds is 13. The molecule has 0 saturated carbocycles. The Morgan fingerprint density at radius 1 is 0.765 bits per heavy atom. The maximum absolute atomic E-state index is 15.2. The Morgan fingerprint density at radius 2 is 1.33 bits per heavy atom. The molecule has 1 atom stereocenters. The third-order valence-electron chi connectivity index (χ3n) is 8.06. The standard InChI is InChI=1S/C41H42FN3O5S/c1-30-19-25-36(26-20-30)51(48,49)45(33-21-23-35(24-22-33)50-34-16-9-6-10-17-34)29-39(46)44(28-32-15-11-12-18-37(32)42)38(40(47)43-41(2,3)4)27-31-13-7-5-8-14-31/h5-26,38H,27-29H2,1-4H3,(H,43,47). The number of benzene rings is 5. The van der Waals surface area contributed by atoms with Crippen LogP contribution >= 0.6 is 0 Å². The lowest BCUT2D eigenvalue weighted by Gasteiger charge is -2.35. The Bertz CT molecular complexity index is 2030. The topological polar surface area (TPSA) is 96.0 Å². The molecule has 1 N–H and O–H groups in total. The van der Waals surface area contributed by atoms with E-state index in [-0.39, 0.29) is 29.1 Å². The van der Waals surface area contributed by atoms with Crippen LogP contribution in [0.5, 0.6) is 11.5 Å². The summed E-state index contributed by atoms with van der Waals surface area (Å²) < 4.78 is 50.8. The molecule has 0 bridgehead atoms. The third kappa shape index (κ3) is 9.82. The predicted molar refractivity (Wildman–Crippen MR) is 197 cm³/mol. The average Bonchev–Trinajstić information content (AvgIpc) is 3.10. The number of carbonyl (C=O) groups is 2. The Morgan fingerprint density at radius 3 is 1.94 bits per heavy atom. The summed E-state index contributed by atoms with van der Waals surface area (Å²) in [5, 5.41) is 2.98. The number of amides is 2. The second kappa shape index (κ2) is 16.0. The van der Waals surface area contributed by atoms with Gasteiger partial charge >= 0.3 is 0 Å². The van der Waals surface area contributed by atoms with Gasteiger partial charge in [0.25, 0.3) is 10.0 Å². The third-order valence-corrected chi connectivity index (χ3v) is 9.85. The second-order valence-corrected chi connectivity index (χ2v) is 15.2. The zero-order valence-electron chi connectivity index (χ0n) is 29.1. The van der Waals surface area contributed by atoms with Crippen LogP contribution in [0, 0.1) is 12.7 Å². The number of sulfonamides is 1. The van der Waals surface area contributed by atoms with Crippen LogP contribution in [0.4, 0.5) is 10.1 Å². The summed E-state index contributed by atoms with van der Waals surface area (Å²) in [5.74, 6) is -0.628. The number of anilines is 1. The van der Waals surface area contributed by atoms with E-state index in [1.807, 2.05) is 76.2 Å². The van der Waals surface area contributed by atoms with Gasteiger partial charge in [-0.15, -0.1) is 0 Å². The molecule has 0 saturated heterocycles. The van der Waals surface area contributed by atoms with Crippen molar-refractivity contribution in [3.05, 3.63) is 156 Å². The Balaban J connectivity index is 1.57. The minimum Gasteiger partial charge on any atom is -0.457 e. The molecule has 5 aromatic carbocycles. The molecule has 0 radical (unpaired) electrons. The fourth-order valence-corrected chi connectivity index (χ4v) is 6.90. The summed E-state index contributed by atoms with van der Waals surface area (Å²) in [5.41, 5.74) is 1.37. The first-order valence-electron chi connectivity index (χ1n) is 16.6. The summed E-state index contributed by atoms with van der Waals surface area (Å²) >= 11 is 0. The molecule has 0 fully saturated rings. The van der Waals surface area contributed by atoms with Crippen LogP contribution in [0.25, 0.3) is 0 Å². The van der Waals surface area contributed by atoms with Crippen LogP contribution in [-0.2, 0) is 32.6 Å². The average molecular weight is 708 g/mol. The minimum absolute atomic E-state index is 0.0162. The highest BCUT2D eigenvalue weighted by Crippen LogP contribution is 2.29. The number of hydrogen-bond donors (Lipinski definition) is 1. The summed E-state index contributed by atoms with van der Waals surface area (Å²) in [6.45, 7) is 6.39. The van der Waals surface area contributed by atoms with Gasteiger partial charge in [0, 0.05) is 24.1 Å². The Hall–Kier alpha value is -5.48. The highest BCUT2D eigenvalue weighted by molar-refractivity contribution is 7.92. The second-order valence-electron chi connectivity index (χ2n) is 13.3. The molecule has 0 heterocycles. The van der Waals surface area contributed by atoms with Crippen LogP contribution in [-0.4, -0.2) is 43.3 Å². The molecule has 5 aromatic rings. The smallest absolute Gasteiger partial charge is 0.264 e. The van der Waals surface area contributed by atoms with Crippen molar-refractivity contribution >= 4 is 27.5 Å². The van der Waals surface area contributed by atoms with Crippen molar-refractivity contribution in [3.63, 3.8) is 0 Å². The van der Waals surface area contributed by atoms with E-state index < -0.39 is 45.8 Å². The van der Waals surface area contributed by atoms with Crippen molar-refractivity contribution < 1.29 is 27.1 Å². The Kier molecular flexibility index (Phi) is 11.6. The molecule has 1 unspecified atom stereocenters. The SMILES string of the molecule is Cc1ccc(S(=O)(=O)N(CC(=O)N(Cc2ccccc2F)C(Cc2ccccc2)C(=O)NC(C)(C)C)c2ccc(Oc3ccccc3)cc2)cc1. The number of aryl methyl sites for hydroxylation is 1. The van der Waals surface area contributed by atoms with Crippen LogP contribution in [0.2, 0.25) is 0 Å². The van der Waals surface area contributed by atoms with E-state index in [1.165, 1.54) is 23.1 Å². The van der Waals surface area contributed by atoms with Gasteiger partial charge in [-0.3, -0.25) is 13.9 Å². The van der Waals surface area contributed by atoms with Gasteiger partial charge in [0.2, 0.25) is 11.8 Å². The van der Waals surface area contributed by atoms with E-state index in [2.05, 4.69) is 5.32 Å². The highest BCUT2D eigenvalue weighted by Gasteiger charge is 2.36. The monoisotopic (exact) mass is 707 g/mol. The minimum atomic E-state index is -4.32. The summed E-state index contributed by atoms with van der Waals surface area (Å²) in [7, 11) is -4.32. The maximum Gasteiger partial charge on any atom is 0.264 e. The normalized spacial score (nSPS) is 12.1. The number of halogens is 1. The first-order valence-corrected chi connectivity index (χ1v) is 18.1. The summed E-state index contributed by atoms with van der Waals surface area (Å²) in [6, 6.07) is 36.0. The fraction of sp³-hybridized carbons (Fsp3) is 0.220. The Labute approximate surface area is 299 Å². The molecule has 0 spiro atoms. The number of hydrogen-bond acceptors (Lipinski definition) is 5. The molecule has 264 valence electrons. The lowest BCUT2D eigenvalue weighted by molar-refractivity contribution is -0.140. The van der Waals surface area contributed by atoms with Gasteiger partial charge in [0.1, 0.15) is 29.9 Å². The lowest BCUT2D eigenvalue weighted by Crippen LogP contribution is -2.56. The molecule has 51 heavy (non-hydrogen) atoms. The predicted octanol–water partition coefficient (Wildman–Crippen LogP) is 7.68. The van der Waals surface area contributed by atoms with Crippen molar-refractivity contribution in [1.82, 2.24) is 10.2 Å². The number of nitrogens with zero attached hydrogens (tertiary/aromatic N) is 2. The molecule has 2 amide bonds. The molecular weight excluding hydrogens is 666 g/mol. The van der Waals surface area contributed by atoms with Crippen molar-refractivity contribution in [2.75, 3.05) is 10.8 Å². The lowest BCUT2D eigenvalue weighted by atomic mass is 10.0. The molecular formula is C41H42FN3O5S. The largest absolute Gasteiger partial charge is 0.457 e. The summed E-state index contributed by atoms with van der Waals surface area (Å²) in [4.78, 5) is 30.0. The molecule has 8 nitrogen and oxygen atoms in total. The van der Waals surface area contributed by atoms with Gasteiger partial charge in [-0.05, 0) is 87.9 Å². The molecule has 0 aromatic heterocycles. The highest BCUT2D eigenvalue weighted by atomic mass is 32.2. The molecule has 10 heteroatoms. The van der Waals surface area contributed by atoms with E-state index in [4.69, 9.17) is 4.74 Å². The van der Waals surface area contributed by atoms with Crippen molar-refractivity contribution in [2.45, 2.75) is 57.1 Å². The summed E-state index contributed by atoms with van der Waals surface area (Å²) in [6.07, 6.45) is 0.110. The number of ether oxygens (including phenoxy) is 1. The van der Waals surface area contributed by atoms with E-state index in [9.17, 15) is 18.0 Å². The number of para-hydroxylation sites is 1. The first kappa shape index (κ1) is 36.8. The molecule has 5 rings (SSSR count). The first-order chi connectivity index (χ1) is 24.3. The van der Waals surface area contributed by atoms with Crippen LogP contribution in [0.1, 0.15) is 37.5 Å². The molecule has 0 aliphatic heterocycles. The molecule has 0 aliphatic carbocycles. The maximum atomic E-state index is 15.2. The zero-order chi connectivity index (χ0) is 36.6. The quantitative estimate of drug-likeness (QED) is 0.136. The number of carbonyl (C=O) groups excluding carboxylic acids is 2. The van der Waals surface area contributed by atoms with E-state index in [0.29, 0.717) is 11.5 Å². The number of nitrogens with one attached hydrogen (secondary N) is 1. The van der Waals surface area contributed by atoms with E-state index in [0.717, 1.165) is 15.4 Å². The van der Waals surface area contributed by atoms with Crippen LogP contribution in [0.15, 0.2) is 138 Å². The van der Waals surface area contributed by atoms with E-state index in [1.54, 1.807) is 66.7 Å². The van der Waals surface area contributed by atoms with Crippen molar-refractivity contribution in [2.24, 2.45) is 0 Å². The van der Waals surface area contributed by atoms with Gasteiger partial charge < -0.3 is 15.0 Å². The van der Waals surface area contributed by atoms with E-state index >= 15 is 4.39 Å². The zero-order valence-corrected chi connectivity index (χ0v) is 29.9. The van der Waals surface area contributed by atoms with Crippen LogP contribution in [0.3, 0.4) is 0 Å². The van der Waals surface area contributed by atoms with Gasteiger partial charge in [0.15, 0.2) is 0 Å². The van der Waals surface area contributed by atoms with Gasteiger partial charge in [-0.25, -0.2) is 12.8 Å². The van der Waals surface area contributed by atoms with Gasteiger partial charge in [-0.2, -0.15) is 0 Å².